The summed E-state index contributed by atoms with van der Waals surface area (Å²) in [6, 6.07) is 13.8. The van der Waals surface area contributed by atoms with Gasteiger partial charge in [0, 0.05) is 16.7 Å². The Morgan fingerprint density at radius 3 is 2.95 bits per heavy atom. The van der Waals surface area contributed by atoms with E-state index in [1.165, 1.54) is 0 Å². The van der Waals surface area contributed by atoms with Gasteiger partial charge in [-0.2, -0.15) is 0 Å². The molecule has 0 spiro atoms. The molecule has 4 heteroatoms. The standard InChI is InChI=1S/C15H12ClNO2/c16-9-5-6-11-14(7-9)19-15-10-3-1-2-4-13(10)18-8-12(15)17-11/h1-7,12,15,17H,8H2. The van der Waals surface area contributed by atoms with Gasteiger partial charge in [-0.25, -0.2) is 0 Å². The van der Waals surface area contributed by atoms with Crippen LogP contribution in [0.2, 0.25) is 5.02 Å². The summed E-state index contributed by atoms with van der Waals surface area (Å²) >= 11 is 6.02. The zero-order valence-corrected chi connectivity index (χ0v) is 10.9. The molecule has 4 rings (SSSR count). The van der Waals surface area contributed by atoms with Gasteiger partial charge in [-0.05, 0) is 18.2 Å². The van der Waals surface area contributed by atoms with E-state index in [9.17, 15) is 0 Å². The van der Waals surface area contributed by atoms with E-state index in [4.69, 9.17) is 21.1 Å². The first-order chi connectivity index (χ1) is 9.31. The van der Waals surface area contributed by atoms with E-state index in [0.29, 0.717) is 11.6 Å². The summed E-state index contributed by atoms with van der Waals surface area (Å²) in [6.07, 6.45) is -0.0316. The van der Waals surface area contributed by atoms with Crippen molar-refractivity contribution in [1.82, 2.24) is 0 Å². The number of hydrogen-bond acceptors (Lipinski definition) is 3. The lowest BCUT2D eigenvalue weighted by molar-refractivity contribution is 0.112. The maximum Gasteiger partial charge on any atom is 0.151 e. The molecule has 19 heavy (non-hydrogen) atoms. The van der Waals surface area contributed by atoms with Crippen LogP contribution in [-0.2, 0) is 0 Å². The molecular weight excluding hydrogens is 262 g/mol. The minimum atomic E-state index is -0.0316. The average molecular weight is 274 g/mol. The van der Waals surface area contributed by atoms with Crippen molar-refractivity contribution in [2.75, 3.05) is 11.9 Å². The second kappa shape index (κ2) is 4.07. The summed E-state index contributed by atoms with van der Waals surface area (Å²) in [5, 5.41) is 4.14. The highest BCUT2D eigenvalue weighted by atomic mass is 35.5. The molecule has 0 radical (unpaired) electrons. The van der Waals surface area contributed by atoms with E-state index in [1.807, 2.05) is 42.5 Å². The molecular formula is C15H12ClNO2. The van der Waals surface area contributed by atoms with E-state index in [-0.39, 0.29) is 12.1 Å². The van der Waals surface area contributed by atoms with Crippen molar-refractivity contribution in [3.63, 3.8) is 0 Å². The van der Waals surface area contributed by atoms with Crippen LogP contribution in [0.5, 0.6) is 11.5 Å². The Balaban J connectivity index is 1.78. The minimum Gasteiger partial charge on any atom is -0.491 e. The van der Waals surface area contributed by atoms with Crippen LogP contribution in [-0.4, -0.2) is 12.6 Å². The number of anilines is 1. The lowest BCUT2D eigenvalue weighted by Crippen LogP contribution is -2.42. The third kappa shape index (κ3) is 1.73. The van der Waals surface area contributed by atoms with Gasteiger partial charge >= 0.3 is 0 Å². The molecule has 0 saturated heterocycles. The SMILES string of the molecule is Clc1ccc2c(c1)OC1c3ccccc3OCC1N2. The first kappa shape index (κ1) is 11.0. The van der Waals surface area contributed by atoms with E-state index in [0.717, 1.165) is 22.7 Å². The summed E-state index contributed by atoms with van der Waals surface area (Å²) in [4.78, 5) is 0. The molecule has 0 aliphatic carbocycles. The highest BCUT2D eigenvalue weighted by molar-refractivity contribution is 6.30. The number of ether oxygens (including phenoxy) is 2. The second-order valence-electron chi connectivity index (χ2n) is 4.78. The predicted molar refractivity (Wildman–Crippen MR) is 74.2 cm³/mol. The van der Waals surface area contributed by atoms with Crippen LogP contribution < -0.4 is 14.8 Å². The Labute approximate surface area is 116 Å². The zero-order chi connectivity index (χ0) is 12.8. The predicted octanol–water partition coefficient (Wildman–Crippen LogP) is 3.65. The number of para-hydroxylation sites is 1. The molecule has 2 unspecified atom stereocenters. The van der Waals surface area contributed by atoms with Gasteiger partial charge in [0.25, 0.3) is 0 Å². The molecule has 0 aromatic heterocycles. The minimum absolute atomic E-state index is 0.0316. The van der Waals surface area contributed by atoms with E-state index >= 15 is 0 Å². The molecule has 1 N–H and O–H groups in total. The maximum absolute atomic E-state index is 6.12. The highest BCUT2D eigenvalue weighted by Gasteiger charge is 2.36. The third-order valence-electron chi connectivity index (χ3n) is 3.55. The van der Waals surface area contributed by atoms with Crippen LogP contribution in [0, 0.1) is 0 Å². The van der Waals surface area contributed by atoms with Gasteiger partial charge in [0.05, 0.1) is 5.69 Å². The van der Waals surface area contributed by atoms with Crippen LogP contribution in [0.15, 0.2) is 42.5 Å². The van der Waals surface area contributed by atoms with Gasteiger partial charge in [0.15, 0.2) is 6.10 Å². The van der Waals surface area contributed by atoms with Crippen molar-refractivity contribution in [2.24, 2.45) is 0 Å². The molecule has 2 heterocycles. The largest absolute Gasteiger partial charge is 0.491 e. The van der Waals surface area contributed by atoms with Crippen molar-refractivity contribution < 1.29 is 9.47 Å². The normalized spacial score (nSPS) is 23.0. The summed E-state index contributed by atoms with van der Waals surface area (Å²) in [5.41, 5.74) is 2.05. The lowest BCUT2D eigenvalue weighted by atomic mass is 9.97. The fraction of sp³-hybridized carbons (Fsp3) is 0.200. The Morgan fingerprint density at radius 1 is 1.11 bits per heavy atom. The summed E-state index contributed by atoms with van der Waals surface area (Å²) < 4.78 is 11.9. The van der Waals surface area contributed by atoms with Crippen molar-refractivity contribution in [3.05, 3.63) is 53.1 Å². The van der Waals surface area contributed by atoms with Gasteiger partial charge in [0.2, 0.25) is 0 Å². The van der Waals surface area contributed by atoms with Crippen molar-refractivity contribution in [1.29, 1.82) is 0 Å². The third-order valence-corrected chi connectivity index (χ3v) is 3.78. The Morgan fingerprint density at radius 2 is 2.00 bits per heavy atom. The summed E-state index contributed by atoms with van der Waals surface area (Å²) in [6.45, 7) is 0.601. The molecule has 0 bridgehead atoms. The number of fused-ring (bicyclic) bond motifs is 4. The number of benzene rings is 2. The van der Waals surface area contributed by atoms with E-state index < -0.39 is 0 Å². The summed E-state index contributed by atoms with van der Waals surface area (Å²) in [7, 11) is 0. The van der Waals surface area contributed by atoms with Crippen molar-refractivity contribution >= 4 is 17.3 Å². The van der Waals surface area contributed by atoms with Gasteiger partial charge in [-0.15, -0.1) is 0 Å². The van der Waals surface area contributed by atoms with Gasteiger partial charge < -0.3 is 14.8 Å². The fourth-order valence-electron chi connectivity index (χ4n) is 2.64. The number of rotatable bonds is 0. The molecule has 3 nitrogen and oxygen atoms in total. The van der Waals surface area contributed by atoms with E-state index in [1.54, 1.807) is 0 Å². The van der Waals surface area contributed by atoms with Gasteiger partial charge in [-0.1, -0.05) is 29.8 Å². The Bertz CT molecular complexity index is 644. The van der Waals surface area contributed by atoms with Crippen molar-refractivity contribution in [2.45, 2.75) is 12.1 Å². The fourth-order valence-corrected chi connectivity index (χ4v) is 2.81. The Kier molecular flexibility index (Phi) is 2.35. The number of hydrogen-bond donors (Lipinski definition) is 1. The topological polar surface area (TPSA) is 30.5 Å². The Hall–Kier alpha value is -1.87. The maximum atomic E-state index is 6.12. The van der Waals surface area contributed by atoms with Gasteiger partial charge in [0.1, 0.15) is 24.1 Å². The highest BCUT2D eigenvalue weighted by Crippen LogP contribution is 2.43. The zero-order valence-electron chi connectivity index (χ0n) is 10.1. The molecule has 2 atom stereocenters. The molecule has 0 saturated carbocycles. The first-order valence-electron chi connectivity index (χ1n) is 6.26. The number of nitrogens with one attached hydrogen (secondary N) is 1. The molecule has 0 amide bonds. The van der Waals surface area contributed by atoms with Crippen LogP contribution in [0.4, 0.5) is 5.69 Å². The molecule has 2 aliphatic heterocycles. The summed E-state index contributed by atoms with van der Waals surface area (Å²) in [5.74, 6) is 1.70. The second-order valence-corrected chi connectivity index (χ2v) is 5.22. The average Bonchev–Trinajstić information content (AvgIpc) is 2.45. The van der Waals surface area contributed by atoms with Crippen molar-refractivity contribution in [3.8, 4) is 11.5 Å². The first-order valence-corrected chi connectivity index (χ1v) is 6.63. The van der Waals surface area contributed by atoms with Gasteiger partial charge in [-0.3, -0.25) is 0 Å². The monoisotopic (exact) mass is 273 g/mol. The van der Waals surface area contributed by atoms with Crippen LogP contribution >= 0.6 is 11.6 Å². The van der Waals surface area contributed by atoms with Crippen LogP contribution in [0.3, 0.4) is 0 Å². The molecule has 2 aliphatic rings. The molecule has 2 aromatic rings. The molecule has 96 valence electrons. The molecule has 0 fully saturated rings. The van der Waals surface area contributed by atoms with Crippen LogP contribution in [0.1, 0.15) is 11.7 Å². The lowest BCUT2D eigenvalue weighted by Gasteiger charge is -2.38. The smallest absolute Gasteiger partial charge is 0.151 e. The van der Waals surface area contributed by atoms with Crippen LogP contribution in [0.25, 0.3) is 0 Å². The molecule has 2 aromatic carbocycles. The van der Waals surface area contributed by atoms with E-state index in [2.05, 4.69) is 5.32 Å². The quantitative estimate of drug-likeness (QED) is 0.795. The number of halogens is 1.